The van der Waals surface area contributed by atoms with Gasteiger partial charge in [0.15, 0.2) is 0 Å². The number of benzene rings is 2. The first-order chi connectivity index (χ1) is 10.9. The summed E-state index contributed by atoms with van der Waals surface area (Å²) in [5, 5.41) is 0. The molecule has 0 unspecified atom stereocenters. The van der Waals surface area contributed by atoms with Crippen LogP contribution in [0.25, 0.3) is 0 Å². The molecule has 0 atom stereocenters. The largest absolute Gasteiger partial charge is 0.497 e. The quantitative estimate of drug-likeness (QED) is 0.756. The zero-order valence-electron chi connectivity index (χ0n) is 14.6. The Hall–Kier alpha value is -1.91. The second-order valence-corrected chi connectivity index (χ2v) is 5.76. The Bertz CT molecular complexity index is 693. The maximum atomic E-state index is 12.0. The van der Waals surface area contributed by atoms with Crippen LogP contribution in [0.4, 0.5) is 0 Å². The monoisotopic (exact) mass is 365 g/mol. The van der Waals surface area contributed by atoms with Crippen molar-refractivity contribution in [3.63, 3.8) is 0 Å². The van der Waals surface area contributed by atoms with E-state index >= 15 is 0 Å². The summed E-state index contributed by atoms with van der Waals surface area (Å²) in [6.07, 6.45) is 0. The van der Waals surface area contributed by atoms with Gasteiger partial charge in [-0.3, -0.25) is 0 Å². The molecule has 0 bridgehead atoms. The molecular formula is C19H22O4V. The molecule has 0 N–H and O–H groups in total. The van der Waals surface area contributed by atoms with Crippen LogP contribution in [-0.2, 0) is 28.7 Å². The van der Waals surface area contributed by atoms with Crippen molar-refractivity contribution in [2.75, 3.05) is 21.3 Å². The molecule has 5 heteroatoms. The Kier molecular flexibility index (Phi) is 6.94. The van der Waals surface area contributed by atoms with Gasteiger partial charge in [-0.1, -0.05) is 32.0 Å². The molecule has 1 radical (unpaired) electrons. The standard InChI is InChI=1S/C19H22O4.V/c1-19(2,13-6-9-15(21-3)10-7-13)14-8-11-17(22-4)16(12-14)18(20)23-5;/h6-12H,1-5H3;. The van der Waals surface area contributed by atoms with Crippen molar-refractivity contribution in [1.82, 2.24) is 0 Å². The second-order valence-electron chi connectivity index (χ2n) is 5.76. The van der Waals surface area contributed by atoms with Crippen molar-refractivity contribution in [2.45, 2.75) is 19.3 Å². The van der Waals surface area contributed by atoms with Gasteiger partial charge in [-0.25, -0.2) is 4.79 Å². The van der Waals surface area contributed by atoms with E-state index in [4.69, 9.17) is 14.2 Å². The number of ether oxygens (including phenoxy) is 3. The van der Waals surface area contributed by atoms with Crippen LogP contribution < -0.4 is 9.47 Å². The number of carbonyl (C=O) groups excluding carboxylic acids is 1. The van der Waals surface area contributed by atoms with Crippen molar-refractivity contribution in [2.24, 2.45) is 0 Å². The summed E-state index contributed by atoms with van der Waals surface area (Å²) in [5.41, 5.74) is 2.28. The van der Waals surface area contributed by atoms with E-state index in [1.54, 1.807) is 13.2 Å². The average Bonchev–Trinajstić information content (AvgIpc) is 2.60. The SMILES string of the molecule is COC(=O)c1cc(C(C)(C)c2ccc(OC)cc2)ccc1OC.[V]. The van der Waals surface area contributed by atoms with Crippen LogP contribution in [0.1, 0.15) is 35.3 Å². The first-order valence-electron chi connectivity index (χ1n) is 7.35. The summed E-state index contributed by atoms with van der Waals surface area (Å²) in [5.74, 6) is 0.912. The molecule has 127 valence electrons. The van der Waals surface area contributed by atoms with Gasteiger partial charge < -0.3 is 14.2 Å². The minimum atomic E-state index is -0.408. The van der Waals surface area contributed by atoms with Crippen molar-refractivity contribution in [1.29, 1.82) is 0 Å². The Morgan fingerprint density at radius 2 is 1.46 bits per heavy atom. The number of hydrogen-bond donors (Lipinski definition) is 0. The van der Waals surface area contributed by atoms with Gasteiger partial charge in [-0.05, 0) is 35.4 Å². The van der Waals surface area contributed by atoms with E-state index in [0.29, 0.717) is 11.3 Å². The van der Waals surface area contributed by atoms with Crippen LogP contribution in [-0.4, -0.2) is 27.3 Å². The topological polar surface area (TPSA) is 44.8 Å². The van der Waals surface area contributed by atoms with Crippen molar-refractivity contribution < 1.29 is 37.6 Å². The number of esters is 1. The second kappa shape index (κ2) is 8.27. The third-order valence-electron chi connectivity index (χ3n) is 4.14. The maximum Gasteiger partial charge on any atom is 0.341 e. The van der Waals surface area contributed by atoms with E-state index in [9.17, 15) is 4.79 Å². The van der Waals surface area contributed by atoms with E-state index in [1.165, 1.54) is 14.2 Å². The number of methoxy groups -OCH3 is 3. The summed E-state index contributed by atoms with van der Waals surface area (Å²) >= 11 is 0. The molecule has 0 heterocycles. The molecule has 0 amide bonds. The van der Waals surface area contributed by atoms with E-state index in [2.05, 4.69) is 13.8 Å². The molecule has 0 aliphatic carbocycles. The average molecular weight is 365 g/mol. The molecule has 0 saturated carbocycles. The van der Waals surface area contributed by atoms with Crippen LogP contribution in [0.5, 0.6) is 11.5 Å². The first-order valence-corrected chi connectivity index (χ1v) is 7.35. The van der Waals surface area contributed by atoms with E-state index in [0.717, 1.165) is 16.9 Å². The molecule has 0 fully saturated rings. The van der Waals surface area contributed by atoms with Gasteiger partial charge in [-0.2, -0.15) is 0 Å². The Morgan fingerprint density at radius 1 is 0.875 bits per heavy atom. The van der Waals surface area contributed by atoms with Gasteiger partial charge in [0.05, 0.1) is 21.3 Å². The molecule has 4 nitrogen and oxygen atoms in total. The Morgan fingerprint density at radius 3 is 1.96 bits per heavy atom. The molecule has 2 rings (SSSR count). The van der Waals surface area contributed by atoms with Gasteiger partial charge >= 0.3 is 5.97 Å². The first kappa shape index (κ1) is 20.1. The van der Waals surface area contributed by atoms with Gasteiger partial charge in [0, 0.05) is 24.0 Å². The van der Waals surface area contributed by atoms with E-state index < -0.39 is 5.97 Å². The number of hydrogen-bond acceptors (Lipinski definition) is 4. The zero-order chi connectivity index (χ0) is 17.0. The van der Waals surface area contributed by atoms with Crippen molar-refractivity contribution in [3.05, 3.63) is 59.2 Å². The summed E-state index contributed by atoms with van der Waals surface area (Å²) in [6.45, 7) is 4.22. The third-order valence-corrected chi connectivity index (χ3v) is 4.14. The van der Waals surface area contributed by atoms with Crippen LogP contribution >= 0.6 is 0 Å². The van der Waals surface area contributed by atoms with E-state index in [1.807, 2.05) is 36.4 Å². The maximum absolute atomic E-state index is 12.0. The predicted molar refractivity (Wildman–Crippen MR) is 89.5 cm³/mol. The zero-order valence-corrected chi connectivity index (χ0v) is 16.0. The van der Waals surface area contributed by atoms with Gasteiger partial charge in [-0.15, -0.1) is 0 Å². The normalized spacial score (nSPS) is 10.5. The summed E-state index contributed by atoms with van der Waals surface area (Å²) < 4.78 is 15.3. The van der Waals surface area contributed by atoms with Crippen molar-refractivity contribution >= 4 is 5.97 Å². The van der Waals surface area contributed by atoms with Crippen LogP contribution in [0.15, 0.2) is 42.5 Å². The fraction of sp³-hybridized carbons (Fsp3) is 0.316. The third kappa shape index (κ3) is 3.94. The van der Waals surface area contributed by atoms with E-state index in [-0.39, 0.29) is 24.0 Å². The number of rotatable bonds is 5. The fourth-order valence-electron chi connectivity index (χ4n) is 2.54. The minimum Gasteiger partial charge on any atom is -0.497 e. The Balaban J connectivity index is 0.00000288. The molecule has 0 saturated heterocycles. The predicted octanol–water partition coefficient (Wildman–Crippen LogP) is 3.81. The molecule has 0 spiro atoms. The van der Waals surface area contributed by atoms with Crippen LogP contribution in [0, 0.1) is 0 Å². The molecule has 24 heavy (non-hydrogen) atoms. The smallest absolute Gasteiger partial charge is 0.341 e. The van der Waals surface area contributed by atoms with Crippen molar-refractivity contribution in [3.8, 4) is 11.5 Å². The summed E-state index contributed by atoms with van der Waals surface area (Å²) in [7, 11) is 4.55. The number of carbonyl (C=O) groups is 1. The molecule has 0 aromatic heterocycles. The van der Waals surface area contributed by atoms with Crippen LogP contribution in [0.3, 0.4) is 0 Å². The van der Waals surface area contributed by atoms with Crippen LogP contribution in [0.2, 0.25) is 0 Å². The molecule has 2 aromatic rings. The Labute approximate surface area is 155 Å². The van der Waals surface area contributed by atoms with Gasteiger partial charge in [0.2, 0.25) is 0 Å². The summed E-state index contributed by atoms with van der Waals surface area (Å²) in [6, 6.07) is 13.5. The summed E-state index contributed by atoms with van der Waals surface area (Å²) in [4.78, 5) is 12.0. The molecule has 2 aromatic carbocycles. The molecule has 0 aliphatic heterocycles. The fourth-order valence-corrected chi connectivity index (χ4v) is 2.54. The van der Waals surface area contributed by atoms with Gasteiger partial charge in [0.1, 0.15) is 17.1 Å². The molecule has 0 aliphatic rings. The minimum absolute atomic E-state index is 0. The van der Waals surface area contributed by atoms with Gasteiger partial charge in [0.25, 0.3) is 0 Å². The molecular weight excluding hydrogens is 343 g/mol.